The van der Waals surface area contributed by atoms with Crippen molar-refractivity contribution in [2.24, 2.45) is 0 Å². The SMILES string of the molecule is CCCC[C@@H]1Oc2ccc(S(=O)(=O)NCCOC)cc2NC1=O. The van der Waals surface area contributed by atoms with Crippen molar-refractivity contribution in [1.29, 1.82) is 0 Å². The average Bonchev–Trinajstić information content (AvgIpc) is 2.52. The fraction of sp³-hybridized carbons (Fsp3) is 0.533. The van der Waals surface area contributed by atoms with Gasteiger partial charge in [0.25, 0.3) is 5.91 Å². The molecule has 1 heterocycles. The normalized spacial score (nSPS) is 17.3. The highest BCUT2D eigenvalue weighted by atomic mass is 32.2. The Hall–Kier alpha value is -1.64. The average molecular weight is 342 g/mol. The number of hydrogen-bond donors (Lipinski definition) is 2. The van der Waals surface area contributed by atoms with Crippen LogP contribution in [0.4, 0.5) is 5.69 Å². The molecule has 1 aromatic carbocycles. The van der Waals surface area contributed by atoms with E-state index in [2.05, 4.69) is 10.0 Å². The third-order valence-electron chi connectivity index (χ3n) is 3.50. The standard InChI is InChI=1S/C15H22N2O5S/c1-3-4-5-14-15(18)17-12-10-11(6-7-13(12)22-14)23(19,20)16-8-9-21-2/h6-7,10,14,16H,3-5,8-9H2,1-2H3,(H,17,18)/t14-/m0/s1. The zero-order chi connectivity index (χ0) is 16.9. The number of anilines is 1. The number of amides is 1. The molecule has 128 valence electrons. The topological polar surface area (TPSA) is 93.7 Å². The summed E-state index contributed by atoms with van der Waals surface area (Å²) in [7, 11) is -2.15. The molecule has 1 atom stereocenters. The maximum absolute atomic E-state index is 12.2. The van der Waals surface area contributed by atoms with Gasteiger partial charge in [0.2, 0.25) is 10.0 Å². The third kappa shape index (κ3) is 4.43. The summed E-state index contributed by atoms with van der Waals surface area (Å²) in [6.07, 6.45) is 1.98. The van der Waals surface area contributed by atoms with E-state index in [0.717, 1.165) is 12.8 Å². The Kier molecular flexibility index (Phi) is 5.97. The van der Waals surface area contributed by atoms with Gasteiger partial charge in [-0.1, -0.05) is 13.3 Å². The predicted octanol–water partition coefficient (Wildman–Crippen LogP) is 1.50. The van der Waals surface area contributed by atoms with E-state index in [1.807, 2.05) is 6.92 Å². The second-order valence-corrected chi connectivity index (χ2v) is 7.05. The minimum absolute atomic E-state index is 0.0725. The molecule has 0 saturated heterocycles. The van der Waals surface area contributed by atoms with Crippen molar-refractivity contribution in [1.82, 2.24) is 4.72 Å². The van der Waals surface area contributed by atoms with Gasteiger partial charge in [0, 0.05) is 13.7 Å². The highest BCUT2D eigenvalue weighted by molar-refractivity contribution is 7.89. The molecule has 0 aliphatic carbocycles. The Morgan fingerprint density at radius 3 is 2.87 bits per heavy atom. The first-order valence-corrected chi connectivity index (χ1v) is 9.06. The van der Waals surface area contributed by atoms with Gasteiger partial charge >= 0.3 is 0 Å². The van der Waals surface area contributed by atoms with Gasteiger partial charge in [-0.3, -0.25) is 4.79 Å². The summed E-state index contributed by atoms with van der Waals surface area (Å²) < 4.78 is 37.2. The zero-order valence-electron chi connectivity index (χ0n) is 13.3. The Morgan fingerprint density at radius 2 is 2.17 bits per heavy atom. The lowest BCUT2D eigenvalue weighted by Gasteiger charge is -2.26. The van der Waals surface area contributed by atoms with Gasteiger partial charge in [0.1, 0.15) is 5.75 Å². The minimum atomic E-state index is -3.65. The molecular weight excluding hydrogens is 320 g/mol. The number of fused-ring (bicyclic) bond motifs is 1. The molecule has 0 aromatic heterocycles. The summed E-state index contributed by atoms with van der Waals surface area (Å²) >= 11 is 0. The molecule has 0 saturated carbocycles. The van der Waals surface area contributed by atoms with Crippen molar-refractivity contribution in [3.63, 3.8) is 0 Å². The number of sulfonamides is 1. The molecule has 0 spiro atoms. The molecule has 0 unspecified atom stereocenters. The number of ether oxygens (including phenoxy) is 2. The second kappa shape index (κ2) is 7.76. The minimum Gasteiger partial charge on any atom is -0.478 e. The number of nitrogens with one attached hydrogen (secondary N) is 2. The summed E-state index contributed by atoms with van der Waals surface area (Å²) in [6, 6.07) is 4.43. The van der Waals surface area contributed by atoms with E-state index in [1.165, 1.54) is 19.2 Å². The fourth-order valence-corrected chi connectivity index (χ4v) is 3.28. The molecule has 2 rings (SSSR count). The third-order valence-corrected chi connectivity index (χ3v) is 4.96. The van der Waals surface area contributed by atoms with Gasteiger partial charge in [-0.2, -0.15) is 0 Å². The lowest BCUT2D eigenvalue weighted by atomic mass is 10.1. The maximum atomic E-state index is 12.2. The van der Waals surface area contributed by atoms with Crippen molar-refractivity contribution in [3.8, 4) is 5.75 Å². The van der Waals surface area contributed by atoms with Crippen LogP contribution in [0.2, 0.25) is 0 Å². The quantitative estimate of drug-likeness (QED) is 0.698. The molecule has 23 heavy (non-hydrogen) atoms. The lowest BCUT2D eigenvalue weighted by Crippen LogP contribution is -2.37. The number of methoxy groups -OCH3 is 1. The van der Waals surface area contributed by atoms with Crippen LogP contribution in [0, 0.1) is 0 Å². The van der Waals surface area contributed by atoms with Crippen LogP contribution in [-0.2, 0) is 19.6 Å². The maximum Gasteiger partial charge on any atom is 0.265 e. The molecule has 7 nitrogen and oxygen atoms in total. The number of benzene rings is 1. The van der Waals surface area contributed by atoms with Gasteiger partial charge < -0.3 is 14.8 Å². The molecule has 0 bridgehead atoms. The first-order chi connectivity index (χ1) is 11.0. The van der Waals surface area contributed by atoms with Gasteiger partial charge in [-0.15, -0.1) is 0 Å². The first-order valence-electron chi connectivity index (χ1n) is 7.58. The molecule has 0 fully saturated rings. The van der Waals surface area contributed by atoms with Gasteiger partial charge in [0.05, 0.1) is 17.2 Å². The fourth-order valence-electron chi connectivity index (χ4n) is 2.24. The Morgan fingerprint density at radius 1 is 1.39 bits per heavy atom. The van der Waals surface area contributed by atoms with Crippen LogP contribution >= 0.6 is 0 Å². The summed E-state index contributed by atoms with van der Waals surface area (Å²) in [5.74, 6) is 0.245. The monoisotopic (exact) mass is 342 g/mol. The molecular formula is C15H22N2O5S. The van der Waals surface area contributed by atoms with E-state index < -0.39 is 16.1 Å². The van der Waals surface area contributed by atoms with Crippen LogP contribution < -0.4 is 14.8 Å². The Labute approximate surface area is 136 Å². The van der Waals surface area contributed by atoms with Crippen molar-refractivity contribution < 1.29 is 22.7 Å². The zero-order valence-corrected chi connectivity index (χ0v) is 14.1. The molecule has 1 aliphatic rings. The molecule has 1 aliphatic heterocycles. The number of hydrogen-bond acceptors (Lipinski definition) is 5. The Bertz CT molecular complexity index is 660. The van der Waals surface area contributed by atoms with E-state index in [0.29, 0.717) is 17.9 Å². The van der Waals surface area contributed by atoms with Crippen LogP contribution in [0.15, 0.2) is 23.1 Å². The summed E-state index contributed by atoms with van der Waals surface area (Å²) in [5, 5.41) is 2.72. The van der Waals surface area contributed by atoms with Crippen molar-refractivity contribution >= 4 is 21.6 Å². The molecule has 1 amide bonds. The van der Waals surface area contributed by atoms with Gasteiger partial charge in [-0.05, 0) is 31.0 Å². The van der Waals surface area contributed by atoms with Crippen LogP contribution in [0.3, 0.4) is 0 Å². The molecule has 8 heteroatoms. The largest absolute Gasteiger partial charge is 0.478 e. The number of unbranched alkanes of at least 4 members (excludes halogenated alkanes) is 1. The van der Waals surface area contributed by atoms with Gasteiger partial charge in [-0.25, -0.2) is 13.1 Å². The van der Waals surface area contributed by atoms with Crippen LogP contribution in [0.25, 0.3) is 0 Å². The Balaban J connectivity index is 2.15. The highest BCUT2D eigenvalue weighted by Crippen LogP contribution is 2.32. The van der Waals surface area contributed by atoms with Crippen LogP contribution in [0.1, 0.15) is 26.2 Å². The summed E-state index contributed by atoms with van der Waals surface area (Å²) in [5.41, 5.74) is 0.373. The highest BCUT2D eigenvalue weighted by Gasteiger charge is 2.28. The van der Waals surface area contributed by atoms with E-state index in [-0.39, 0.29) is 24.0 Å². The summed E-state index contributed by atoms with van der Waals surface area (Å²) in [4.78, 5) is 12.1. The summed E-state index contributed by atoms with van der Waals surface area (Å²) in [6.45, 7) is 2.50. The van der Waals surface area contributed by atoms with E-state index in [9.17, 15) is 13.2 Å². The number of rotatable bonds is 8. The second-order valence-electron chi connectivity index (χ2n) is 5.29. The van der Waals surface area contributed by atoms with E-state index in [4.69, 9.17) is 9.47 Å². The number of carbonyl (C=O) groups excluding carboxylic acids is 1. The molecule has 2 N–H and O–H groups in total. The van der Waals surface area contributed by atoms with Crippen molar-refractivity contribution in [2.45, 2.75) is 37.2 Å². The van der Waals surface area contributed by atoms with Crippen LogP contribution in [-0.4, -0.2) is 40.7 Å². The molecule has 1 aromatic rings. The van der Waals surface area contributed by atoms with E-state index >= 15 is 0 Å². The molecule has 0 radical (unpaired) electrons. The first kappa shape index (κ1) is 17.7. The van der Waals surface area contributed by atoms with Crippen molar-refractivity contribution in [3.05, 3.63) is 18.2 Å². The lowest BCUT2D eigenvalue weighted by molar-refractivity contribution is -0.123. The van der Waals surface area contributed by atoms with E-state index in [1.54, 1.807) is 6.07 Å². The van der Waals surface area contributed by atoms with Crippen molar-refractivity contribution in [2.75, 3.05) is 25.6 Å². The smallest absolute Gasteiger partial charge is 0.265 e. The van der Waals surface area contributed by atoms with Crippen LogP contribution in [0.5, 0.6) is 5.75 Å². The number of carbonyl (C=O) groups is 1. The van der Waals surface area contributed by atoms with Gasteiger partial charge in [0.15, 0.2) is 6.10 Å². The predicted molar refractivity (Wildman–Crippen MR) is 86.1 cm³/mol.